The molecule has 0 spiro atoms. The average molecular weight is 315 g/mol. The first-order valence-electron chi connectivity index (χ1n) is 5.89. The lowest BCUT2D eigenvalue weighted by Crippen LogP contribution is -2.14. The van der Waals surface area contributed by atoms with Crippen LogP contribution in [0.4, 0.5) is 13.2 Å². The van der Waals surface area contributed by atoms with Gasteiger partial charge < -0.3 is 4.74 Å². The zero-order valence-corrected chi connectivity index (χ0v) is 11.6. The zero-order chi connectivity index (χ0) is 15.6. The summed E-state index contributed by atoms with van der Waals surface area (Å²) in [5, 5.41) is 0.239. The van der Waals surface area contributed by atoms with Crippen LogP contribution in [-0.2, 0) is 6.18 Å². The van der Waals surface area contributed by atoms with E-state index in [9.17, 15) is 18.0 Å². The van der Waals surface area contributed by atoms with Crippen LogP contribution >= 0.6 is 11.6 Å². The van der Waals surface area contributed by atoms with Crippen molar-refractivity contribution in [3.8, 4) is 5.75 Å². The Morgan fingerprint density at radius 1 is 1.10 bits per heavy atom. The second-order valence-electron chi connectivity index (χ2n) is 4.22. The summed E-state index contributed by atoms with van der Waals surface area (Å²) >= 11 is 5.81. The summed E-state index contributed by atoms with van der Waals surface area (Å²) in [7, 11) is 1.33. The van der Waals surface area contributed by atoms with Gasteiger partial charge in [0.2, 0.25) is 0 Å². The van der Waals surface area contributed by atoms with Gasteiger partial charge in [0.25, 0.3) is 0 Å². The Kier molecular flexibility index (Phi) is 4.23. The van der Waals surface area contributed by atoms with E-state index in [0.29, 0.717) is 0 Å². The molecule has 2 aromatic rings. The van der Waals surface area contributed by atoms with Crippen molar-refractivity contribution in [3.63, 3.8) is 0 Å². The van der Waals surface area contributed by atoms with Gasteiger partial charge in [0.05, 0.1) is 18.2 Å². The summed E-state index contributed by atoms with van der Waals surface area (Å²) in [4.78, 5) is 12.4. The maximum atomic E-state index is 13.0. The first-order valence-corrected chi connectivity index (χ1v) is 6.27. The Morgan fingerprint density at radius 2 is 1.76 bits per heavy atom. The van der Waals surface area contributed by atoms with Gasteiger partial charge in [0, 0.05) is 10.6 Å². The summed E-state index contributed by atoms with van der Waals surface area (Å²) < 4.78 is 43.9. The number of ether oxygens (including phenoxy) is 1. The van der Waals surface area contributed by atoms with Crippen LogP contribution in [0.25, 0.3) is 0 Å². The van der Waals surface area contributed by atoms with Crippen molar-refractivity contribution >= 4 is 17.4 Å². The highest BCUT2D eigenvalue weighted by Gasteiger charge is 2.35. The fourth-order valence-corrected chi connectivity index (χ4v) is 2.10. The normalized spacial score (nSPS) is 11.3. The van der Waals surface area contributed by atoms with Crippen LogP contribution < -0.4 is 4.74 Å². The van der Waals surface area contributed by atoms with Gasteiger partial charge >= 0.3 is 6.18 Å². The first-order chi connectivity index (χ1) is 9.84. The molecule has 0 aliphatic rings. The molecule has 0 fully saturated rings. The molecule has 0 aliphatic heterocycles. The third kappa shape index (κ3) is 3.19. The van der Waals surface area contributed by atoms with Gasteiger partial charge in [-0.2, -0.15) is 13.2 Å². The van der Waals surface area contributed by atoms with Crippen molar-refractivity contribution in [2.24, 2.45) is 0 Å². The standard InChI is InChI=1S/C15H10ClF3O2/c1-21-13-7-6-9(16)8-11(13)14(20)10-4-2-3-5-12(10)15(17,18)19/h2-8H,1H3. The molecular weight excluding hydrogens is 305 g/mol. The highest BCUT2D eigenvalue weighted by molar-refractivity contribution is 6.31. The van der Waals surface area contributed by atoms with Gasteiger partial charge in [-0.1, -0.05) is 29.8 Å². The van der Waals surface area contributed by atoms with Crippen molar-refractivity contribution in [1.29, 1.82) is 0 Å². The van der Waals surface area contributed by atoms with E-state index in [-0.39, 0.29) is 16.3 Å². The molecule has 0 saturated heterocycles. The molecule has 2 aromatic carbocycles. The molecule has 0 radical (unpaired) electrons. The van der Waals surface area contributed by atoms with E-state index in [2.05, 4.69) is 0 Å². The molecule has 0 aromatic heterocycles. The monoisotopic (exact) mass is 314 g/mol. The van der Waals surface area contributed by atoms with E-state index < -0.39 is 23.1 Å². The van der Waals surface area contributed by atoms with Gasteiger partial charge in [0.1, 0.15) is 5.75 Å². The molecular formula is C15H10ClF3O2. The minimum atomic E-state index is -4.61. The molecule has 0 bridgehead atoms. The molecule has 0 atom stereocenters. The fourth-order valence-electron chi connectivity index (χ4n) is 1.93. The number of alkyl halides is 3. The molecule has 0 aliphatic carbocycles. The minimum Gasteiger partial charge on any atom is -0.496 e. The van der Waals surface area contributed by atoms with E-state index >= 15 is 0 Å². The van der Waals surface area contributed by atoms with E-state index in [0.717, 1.165) is 12.1 Å². The van der Waals surface area contributed by atoms with Crippen molar-refractivity contribution < 1.29 is 22.7 Å². The largest absolute Gasteiger partial charge is 0.496 e. The Morgan fingerprint density at radius 3 is 2.38 bits per heavy atom. The molecule has 0 N–H and O–H groups in total. The molecule has 0 heterocycles. The third-order valence-electron chi connectivity index (χ3n) is 2.88. The molecule has 6 heteroatoms. The number of hydrogen-bond acceptors (Lipinski definition) is 2. The SMILES string of the molecule is COc1ccc(Cl)cc1C(=O)c1ccccc1C(F)(F)F. The van der Waals surface area contributed by atoms with Crippen LogP contribution in [0.5, 0.6) is 5.75 Å². The Bertz CT molecular complexity index is 681. The van der Waals surface area contributed by atoms with Crippen molar-refractivity contribution in [3.05, 3.63) is 64.2 Å². The molecule has 2 rings (SSSR count). The highest BCUT2D eigenvalue weighted by Crippen LogP contribution is 2.34. The summed E-state index contributed by atoms with van der Waals surface area (Å²) in [6.07, 6.45) is -4.61. The lowest BCUT2D eigenvalue weighted by atomic mass is 9.97. The van der Waals surface area contributed by atoms with E-state index in [4.69, 9.17) is 16.3 Å². The average Bonchev–Trinajstić information content (AvgIpc) is 2.45. The van der Waals surface area contributed by atoms with E-state index in [1.807, 2.05) is 0 Å². The van der Waals surface area contributed by atoms with Gasteiger partial charge in [-0.25, -0.2) is 0 Å². The summed E-state index contributed by atoms with van der Waals surface area (Å²) in [5.74, 6) is -0.622. The number of hydrogen-bond donors (Lipinski definition) is 0. The Balaban J connectivity index is 2.59. The maximum Gasteiger partial charge on any atom is 0.417 e. The smallest absolute Gasteiger partial charge is 0.417 e. The maximum absolute atomic E-state index is 13.0. The lowest BCUT2D eigenvalue weighted by Gasteiger charge is -2.13. The second kappa shape index (κ2) is 5.77. The van der Waals surface area contributed by atoms with Crippen LogP contribution in [-0.4, -0.2) is 12.9 Å². The second-order valence-corrected chi connectivity index (χ2v) is 4.65. The summed E-state index contributed by atoms with van der Waals surface area (Å²) in [6.45, 7) is 0. The van der Waals surface area contributed by atoms with Gasteiger partial charge in [-0.3, -0.25) is 4.79 Å². The predicted octanol–water partition coefficient (Wildman–Crippen LogP) is 4.60. The number of carbonyl (C=O) groups is 1. The topological polar surface area (TPSA) is 26.3 Å². The minimum absolute atomic E-state index is 0.0123. The van der Waals surface area contributed by atoms with Gasteiger partial charge in [0.15, 0.2) is 5.78 Å². The van der Waals surface area contributed by atoms with Crippen LogP contribution in [0.2, 0.25) is 5.02 Å². The first kappa shape index (κ1) is 15.4. The number of halogens is 4. The van der Waals surface area contributed by atoms with E-state index in [1.54, 1.807) is 0 Å². The van der Waals surface area contributed by atoms with Crippen molar-refractivity contribution in [2.75, 3.05) is 7.11 Å². The molecule has 2 nitrogen and oxygen atoms in total. The Hall–Kier alpha value is -2.01. The number of rotatable bonds is 3. The van der Waals surface area contributed by atoms with Crippen LogP contribution in [0.1, 0.15) is 21.5 Å². The van der Waals surface area contributed by atoms with Crippen molar-refractivity contribution in [1.82, 2.24) is 0 Å². The molecule has 0 saturated carbocycles. The fraction of sp³-hybridized carbons (Fsp3) is 0.133. The molecule has 0 amide bonds. The molecule has 0 unspecified atom stereocenters. The van der Waals surface area contributed by atoms with E-state index in [1.165, 1.54) is 37.4 Å². The number of ketones is 1. The third-order valence-corrected chi connectivity index (χ3v) is 3.12. The number of methoxy groups -OCH3 is 1. The molecule has 21 heavy (non-hydrogen) atoms. The highest BCUT2D eigenvalue weighted by atomic mass is 35.5. The predicted molar refractivity (Wildman–Crippen MR) is 72.9 cm³/mol. The number of benzene rings is 2. The lowest BCUT2D eigenvalue weighted by molar-refractivity contribution is -0.137. The Labute approximate surface area is 124 Å². The van der Waals surface area contributed by atoms with Crippen LogP contribution in [0, 0.1) is 0 Å². The van der Waals surface area contributed by atoms with Gasteiger partial charge in [-0.15, -0.1) is 0 Å². The summed E-state index contributed by atoms with van der Waals surface area (Å²) in [6, 6.07) is 8.82. The molecule has 110 valence electrons. The summed E-state index contributed by atoms with van der Waals surface area (Å²) in [5.41, 5.74) is -1.44. The quantitative estimate of drug-likeness (QED) is 0.774. The zero-order valence-electron chi connectivity index (χ0n) is 10.9. The van der Waals surface area contributed by atoms with Crippen molar-refractivity contribution in [2.45, 2.75) is 6.18 Å². The van der Waals surface area contributed by atoms with Crippen LogP contribution in [0.3, 0.4) is 0 Å². The van der Waals surface area contributed by atoms with Crippen LogP contribution in [0.15, 0.2) is 42.5 Å². The van der Waals surface area contributed by atoms with Gasteiger partial charge in [-0.05, 0) is 24.3 Å². The number of carbonyl (C=O) groups excluding carboxylic acids is 1.